The zero-order valence-corrected chi connectivity index (χ0v) is 15.9. The van der Waals surface area contributed by atoms with Crippen LogP contribution in [0.3, 0.4) is 0 Å². The predicted octanol–water partition coefficient (Wildman–Crippen LogP) is 3.78. The Morgan fingerprint density at radius 3 is 2.36 bits per heavy atom. The van der Waals surface area contributed by atoms with E-state index < -0.39 is 6.61 Å². The summed E-state index contributed by atoms with van der Waals surface area (Å²) >= 11 is 6.06. The molecule has 0 radical (unpaired) electrons. The van der Waals surface area contributed by atoms with Crippen molar-refractivity contribution in [2.75, 3.05) is 39.3 Å². The van der Waals surface area contributed by atoms with Crippen LogP contribution in [0, 0.1) is 0 Å². The molecule has 2 aromatic rings. The van der Waals surface area contributed by atoms with Gasteiger partial charge < -0.3 is 14.4 Å². The molecule has 0 spiro atoms. The second kappa shape index (κ2) is 9.71. The number of ether oxygens (including phenoxy) is 2. The largest absolute Gasteiger partial charge is 0.491 e. The fourth-order valence-electron chi connectivity index (χ4n) is 2.98. The lowest BCUT2D eigenvalue weighted by molar-refractivity contribution is -0.0498. The van der Waals surface area contributed by atoms with Crippen LogP contribution < -0.4 is 9.47 Å². The highest BCUT2D eigenvalue weighted by Crippen LogP contribution is 2.23. The minimum atomic E-state index is -2.88. The van der Waals surface area contributed by atoms with E-state index in [0.717, 1.165) is 19.6 Å². The summed E-state index contributed by atoms with van der Waals surface area (Å²) < 4.78 is 34.4. The maximum absolute atomic E-state index is 12.6. The van der Waals surface area contributed by atoms with Crippen LogP contribution in [0.5, 0.6) is 11.5 Å². The SMILES string of the molecule is O=C(c1ccc(OC(F)F)cc1)N1CCN(CCOc2ccccc2Cl)CC1. The number of halogens is 3. The number of alkyl halides is 2. The fraction of sp³-hybridized carbons (Fsp3) is 0.350. The number of amides is 1. The summed E-state index contributed by atoms with van der Waals surface area (Å²) in [6.45, 7) is 1.06. The number of rotatable bonds is 7. The minimum Gasteiger partial charge on any atom is -0.491 e. The molecule has 1 aliphatic heterocycles. The van der Waals surface area contributed by atoms with Crippen molar-refractivity contribution < 1.29 is 23.0 Å². The average Bonchev–Trinajstić information content (AvgIpc) is 2.70. The molecule has 0 aromatic heterocycles. The molecule has 0 unspecified atom stereocenters. The molecule has 1 amide bonds. The number of benzene rings is 2. The molecule has 5 nitrogen and oxygen atoms in total. The number of carbonyl (C=O) groups is 1. The average molecular weight is 411 g/mol. The molecule has 3 rings (SSSR count). The smallest absolute Gasteiger partial charge is 0.387 e. The van der Waals surface area contributed by atoms with Crippen molar-refractivity contribution >= 4 is 17.5 Å². The van der Waals surface area contributed by atoms with Gasteiger partial charge in [-0.25, -0.2) is 0 Å². The van der Waals surface area contributed by atoms with Gasteiger partial charge in [-0.15, -0.1) is 0 Å². The van der Waals surface area contributed by atoms with E-state index in [1.807, 2.05) is 18.2 Å². The van der Waals surface area contributed by atoms with Gasteiger partial charge in [0, 0.05) is 38.3 Å². The first-order valence-corrected chi connectivity index (χ1v) is 9.34. The highest BCUT2D eigenvalue weighted by Gasteiger charge is 2.22. The summed E-state index contributed by atoms with van der Waals surface area (Å²) in [6.07, 6.45) is 0. The first-order chi connectivity index (χ1) is 13.5. The third-order valence-electron chi connectivity index (χ3n) is 4.49. The van der Waals surface area contributed by atoms with Gasteiger partial charge in [0.05, 0.1) is 5.02 Å². The third kappa shape index (κ3) is 5.56. The van der Waals surface area contributed by atoms with Crippen molar-refractivity contribution in [3.63, 3.8) is 0 Å². The van der Waals surface area contributed by atoms with E-state index in [2.05, 4.69) is 9.64 Å². The molecule has 8 heteroatoms. The lowest BCUT2D eigenvalue weighted by Gasteiger charge is -2.34. The number of piperazine rings is 1. The molecular weight excluding hydrogens is 390 g/mol. The van der Waals surface area contributed by atoms with Crippen LogP contribution in [0.1, 0.15) is 10.4 Å². The third-order valence-corrected chi connectivity index (χ3v) is 4.80. The van der Waals surface area contributed by atoms with Crippen molar-refractivity contribution in [3.05, 3.63) is 59.1 Å². The Bertz CT molecular complexity index is 781. The van der Waals surface area contributed by atoms with Crippen LogP contribution in [0.4, 0.5) is 8.78 Å². The molecular formula is C20H21ClF2N2O3. The summed E-state index contributed by atoms with van der Waals surface area (Å²) in [7, 11) is 0. The Kier molecular flexibility index (Phi) is 7.06. The normalized spacial score (nSPS) is 14.9. The molecule has 28 heavy (non-hydrogen) atoms. The Morgan fingerprint density at radius 2 is 1.71 bits per heavy atom. The summed E-state index contributed by atoms with van der Waals surface area (Å²) in [6, 6.07) is 13.1. The van der Waals surface area contributed by atoms with Gasteiger partial charge in [0.2, 0.25) is 0 Å². The molecule has 0 aliphatic carbocycles. The molecule has 1 aliphatic rings. The standard InChI is InChI=1S/C20H21ClF2N2O3/c21-17-3-1-2-4-18(17)27-14-13-24-9-11-25(12-10-24)19(26)15-5-7-16(8-6-15)28-20(22)23/h1-8,20H,9-14H2. The Morgan fingerprint density at radius 1 is 1.04 bits per heavy atom. The molecule has 0 atom stereocenters. The van der Waals surface area contributed by atoms with Gasteiger partial charge in [-0.2, -0.15) is 8.78 Å². The lowest BCUT2D eigenvalue weighted by atomic mass is 10.1. The van der Waals surface area contributed by atoms with Gasteiger partial charge >= 0.3 is 6.61 Å². The van der Waals surface area contributed by atoms with Crippen LogP contribution in [-0.2, 0) is 0 Å². The molecule has 0 N–H and O–H groups in total. The molecule has 150 valence electrons. The molecule has 2 aromatic carbocycles. The Labute approximate surface area is 167 Å². The minimum absolute atomic E-state index is 0.0369. The molecule has 1 saturated heterocycles. The highest BCUT2D eigenvalue weighted by molar-refractivity contribution is 6.32. The molecule has 0 bridgehead atoms. The van der Waals surface area contributed by atoms with E-state index in [4.69, 9.17) is 16.3 Å². The molecule has 1 heterocycles. The summed E-state index contributed by atoms with van der Waals surface area (Å²) in [4.78, 5) is 16.5. The van der Waals surface area contributed by atoms with E-state index in [9.17, 15) is 13.6 Å². The first-order valence-electron chi connectivity index (χ1n) is 8.97. The van der Waals surface area contributed by atoms with Gasteiger partial charge in [-0.05, 0) is 36.4 Å². The van der Waals surface area contributed by atoms with Crippen molar-refractivity contribution in [2.24, 2.45) is 0 Å². The van der Waals surface area contributed by atoms with Gasteiger partial charge in [0.15, 0.2) is 0 Å². The Balaban J connectivity index is 1.43. The summed E-state index contributed by atoms with van der Waals surface area (Å²) in [5.74, 6) is 0.586. The quantitative estimate of drug-likeness (QED) is 0.696. The van der Waals surface area contributed by atoms with Gasteiger partial charge in [-0.1, -0.05) is 23.7 Å². The number of carbonyl (C=O) groups excluding carboxylic acids is 1. The van der Waals surface area contributed by atoms with E-state index in [0.29, 0.717) is 36.0 Å². The van der Waals surface area contributed by atoms with Gasteiger partial charge in [0.1, 0.15) is 18.1 Å². The zero-order chi connectivity index (χ0) is 19.9. The van der Waals surface area contributed by atoms with Gasteiger partial charge in [-0.3, -0.25) is 9.69 Å². The van der Waals surface area contributed by atoms with Crippen molar-refractivity contribution in [1.29, 1.82) is 0 Å². The van der Waals surface area contributed by atoms with E-state index >= 15 is 0 Å². The monoisotopic (exact) mass is 410 g/mol. The van der Waals surface area contributed by atoms with Crippen LogP contribution in [0.15, 0.2) is 48.5 Å². The maximum atomic E-state index is 12.6. The zero-order valence-electron chi connectivity index (χ0n) is 15.2. The fourth-order valence-corrected chi connectivity index (χ4v) is 3.17. The van der Waals surface area contributed by atoms with Crippen molar-refractivity contribution in [2.45, 2.75) is 6.61 Å². The highest BCUT2D eigenvalue weighted by atomic mass is 35.5. The maximum Gasteiger partial charge on any atom is 0.387 e. The first kappa shape index (κ1) is 20.4. The number of hydrogen-bond acceptors (Lipinski definition) is 4. The van der Waals surface area contributed by atoms with Gasteiger partial charge in [0.25, 0.3) is 5.91 Å². The Hall–Kier alpha value is -2.38. The molecule has 0 saturated carbocycles. The van der Waals surface area contributed by atoms with E-state index in [-0.39, 0.29) is 11.7 Å². The van der Waals surface area contributed by atoms with Crippen LogP contribution in [0.25, 0.3) is 0 Å². The second-order valence-corrected chi connectivity index (χ2v) is 6.72. The number of hydrogen-bond donors (Lipinski definition) is 0. The van der Waals surface area contributed by atoms with Crippen LogP contribution >= 0.6 is 11.6 Å². The predicted molar refractivity (Wildman–Crippen MR) is 102 cm³/mol. The van der Waals surface area contributed by atoms with Crippen molar-refractivity contribution in [1.82, 2.24) is 9.80 Å². The van der Waals surface area contributed by atoms with E-state index in [1.165, 1.54) is 24.3 Å². The topological polar surface area (TPSA) is 42.0 Å². The van der Waals surface area contributed by atoms with Crippen LogP contribution in [-0.4, -0.2) is 61.6 Å². The lowest BCUT2D eigenvalue weighted by Crippen LogP contribution is -2.49. The van der Waals surface area contributed by atoms with E-state index in [1.54, 1.807) is 11.0 Å². The molecule has 1 fully saturated rings. The summed E-state index contributed by atoms with van der Waals surface area (Å²) in [5.41, 5.74) is 0.456. The second-order valence-electron chi connectivity index (χ2n) is 6.32. The van der Waals surface area contributed by atoms with Crippen LogP contribution in [0.2, 0.25) is 5.02 Å². The number of nitrogens with zero attached hydrogens (tertiary/aromatic N) is 2. The summed E-state index contributed by atoms with van der Waals surface area (Å²) in [5, 5.41) is 0.586. The van der Waals surface area contributed by atoms with Crippen molar-refractivity contribution in [3.8, 4) is 11.5 Å². The number of para-hydroxylation sites is 1.